The topological polar surface area (TPSA) is 30.7 Å². The Hall–Kier alpha value is -1.64. The molecule has 3 nitrogen and oxygen atoms in total. The van der Waals surface area contributed by atoms with Crippen molar-refractivity contribution < 1.29 is 0 Å². The van der Waals surface area contributed by atoms with E-state index in [1.807, 2.05) is 30.6 Å². The van der Waals surface area contributed by atoms with E-state index in [0.29, 0.717) is 5.92 Å². The summed E-state index contributed by atoms with van der Waals surface area (Å²) in [5, 5.41) is 0. The van der Waals surface area contributed by atoms with Gasteiger partial charge in [-0.3, -0.25) is 4.98 Å². The fourth-order valence-corrected chi connectivity index (χ4v) is 1.58. The average molecular weight is 201 g/mol. The Labute approximate surface area is 89.8 Å². The number of nitrogens with zero attached hydrogens (tertiary/aromatic N) is 3. The van der Waals surface area contributed by atoms with Gasteiger partial charge in [-0.2, -0.15) is 0 Å². The summed E-state index contributed by atoms with van der Waals surface area (Å²) in [5.74, 6) is 1.56. The van der Waals surface area contributed by atoms with E-state index in [1.54, 1.807) is 6.20 Å². The normalized spacial score (nSPS) is 10.9. The maximum atomic E-state index is 4.34. The smallest absolute Gasteiger partial charge is 0.158 e. The van der Waals surface area contributed by atoms with Gasteiger partial charge < -0.3 is 4.57 Å². The lowest BCUT2D eigenvalue weighted by molar-refractivity contribution is 0.526. The van der Waals surface area contributed by atoms with E-state index < -0.39 is 0 Å². The maximum Gasteiger partial charge on any atom is 0.158 e. The Morgan fingerprint density at radius 3 is 2.73 bits per heavy atom. The molecular weight excluding hydrogens is 186 g/mol. The number of aromatic nitrogens is 3. The highest BCUT2D eigenvalue weighted by Gasteiger charge is 2.07. The maximum absolute atomic E-state index is 4.34. The van der Waals surface area contributed by atoms with Crippen molar-refractivity contribution in [3.05, 3.63) is 36.8 Å². The van der Waals surface area contributed by atoms with Gasteiger partial charge >= 0.3 is 0 Å². The van der Waals surface area contributed by atoms with Crippen molar-refractivity contribution in [1.82, 2.24) is 14.5 Å². The Bertz CT molecular complexity index is 417. The minimum atomic E-state index is 0.613. The number of imidazole rings is 1. The van der Waals surface area contributed by atoms with Gasteiger partial charge in [0.2, 0.25) is 0 Å². The molecule has 0 amide bonds. The summed E-state index contributed by atoms with van der Waals surface area (Å²) in [6.45, 7) is 5.37. The Morgan fingerprint density at radius 1 is 1.20 bits per heavy atom. The highest BCUT2D eigenvalue weighted by atomic mass is 15.1. The van der Waals surface area contributed by atoms with Crippen LogP contribution in [0.3, 0.4) is 0 Å². The van der Waals surface area contributed by atoms with Gasteiger partial charge in [0.1, 0.15) is 5.69 Å². The number of pyridine rings is 1. The van der Waals surface area contributed by atoms with Crippen LogP contribution in [0, 0.1) is 5.92 Å². The summed E-state index contributed by atoms with van der Waals surface area (Å²) in [7, 11) is 0. The molecule has 0 atom stereocenters. The highest BCUT2D eigenvalue weighted by Crippen LogP contribution is 2.15. The van der Waals surface area contributed by atoms with E-state index >= 15 is 0 Å². The van der Waals surface area contributed by atoms with Gasteiger partial charge in [-0.15, -0.1) is 0 Å². The Balaban J connectivity index is 2.33. The van der Waals surface area contributed by atoms with Gasteiger partial charge in [-0.25, -0.2) is 4.98 Å². The van der Waals surface area contributed by atoms with Gasteiger partial charge in [-0.05, 0) is 18.1 Å². The zero-order valence-corrected chi connectivity index (χ0v) is 9.09. The van der Waals surface area contributed by atoms with Crippen molar-refractivity contribution in [3.63, 3.8) is 0 Å². The molecule has 2 aromatic heterocycles. The third kappa shape index (κ3) is 2.24. The van der Waals surface area contributed by atoms with E-state index in [-0.39, 0.29) is 0 Å². The molecule has 0 bridgehead atoms. The third-order valence-corrected chi connectivity index (χ3v) is 2.17. The van der Waals surface area contributed by atoms with Crippen LogP contribution >= 0.6 is 0 Å². The lowest BCUT2D eigenvalue weighted by atomic mass is 10.2. The summed E-state index contributed by atoms with van der Waals surface area (Å²) < 4.78 is 2.15. The Kier molecular flexibility index (Phi) is 2.81. The highest BCUT2D eigenvalue weighted by molar-refractivity contribution is 5.48. The van der Waals surface area contributed by atoms with Crippen LogP contribution in [-0.2, 0) is 6.54 Å². The van der Waals surface area contributed by atoms with Crippen molar-refractivity contribution in [1.29, 1.82) is 0 Å². The standard InChI is InChI=1S/C12H15N3/c1-10(2)9-15-8-7-14-12(15)11-5-3-4-6-13-11/h3-8,10H,9H2,1-2H3. The second kappa shape index (κ2) is 4.26. The minimum Gasteiger partial charge on any atom is -0.329 e. The molecule has 2 rings (SSSR count). The Morgan fingerprint density at radius 2 is 2.07 bits per heavy atom. The monoisotopic (exact) mass is 201 g/mol. The fraction of sp³-hybridized carbons (Fsp3) is 0.333. The van der Waals surface area contributed by atoms with Crippen LogP contribution in [0.5, 0.6) is 0 Å². The molecule has 0 N–H and O–H groups in total. The molecule has 2 heterocycles. The van der Waals surface area contributed by atoms with E-state index in [9.17, 15) is 0 Å². The van der Waals surface area contributed by atoms with Gasteiger partial charge in [0, 0.05) is 25.1 Å². The summed E-state index contributed by atoms with van der Waals surface area (Å²) in [6, 6.07) is 5.88. The van der Waals surface area contributed by atoms with E-state index in [0.717, 1.165) is 18.1 Å². The molecule has 0 aliphatic carbocycles. The number of rotatable bonds is 3. The zero-order chi connectivity index (χ0) is 10.7. The van der Waals surface area contributed by atoms with Gasteiger partial charge in [0.15, 0.2) is 5.82 Å². The third-order valence-electron chi connectivity index (χ3n) is 2.17. The minimum absolute atomic E-state index is 0.613. The average Bonchev–Trinajstić information content (AvgIpc) is 2.66. The van der Waals surface area contributed by atoms with Crippen molar-refractivity contribution >= 4 is 0 Å². The van der Waals surface area contributed by atoms with E-state index in [4.69, 9.17) is 0 Å². The van der Waals surface area contributed by atoms with Crippen molar-refractivity contribution in [3.8, 4) is 11.5 Å². The van der Waals surface area contributed by atoms with Crippen molar-refractivity contribution in [2.75, 3.05) is 0 Å². The molecule has 3 heteroatoms. The molecule has 0 radical (unpaired) electrons. The van der Waals surface area contributed by atoms with Crippen LogP contribution in [0.4, 0.5) is 0 Å². The van der Waals surface area contributed by atoms with Crippen molar-refractivity contribution in [2.24, 2.45) is 5.92 Å². The summed E-state index contributed by atoms with van der Waals surface area (Å²) >= 11 is 0. The van der Waals surface area contributed by atoms with E-state index in [2.05, 4.69) is 28.4 Å². The molecule has 0 aromatic carbocycles. The van der Waals surface area contributed by atoms with Crippen LogP contribution < -0.4 is 0 Å². The summed E-state index contributed by atoms with van der Waals surface area (Å²) in [6.07, 6.45) is 5.63. The van der Waals surface area contributed by atoms with E-state index in [1.165, 1.54) is 0 Å². The molecule has 2 aromatic rings. The van der Waals surface area contributed by atoms with Crippen LogP contribution in [-0.4, -0.2) is 14.5 Å². The largest absolute Gasteiger partial charge is 0.329 e. The van der Waals surface area contributed by atoms with Gasteiger partial charge in [-0.1, -0.05) is 19.9 Å². The molecule has 78 valence electrons. The van der Waals surface area contributed by atoms with Crippen LogP contribution in [0.1, 0.15) is 13.8 Å². The predicted octanol–water partition coefficient (Wildman–Crippen LogP) is 2.60. The first-order valence-corrected chi connectivity index (χ1v) is 5.20. The zero-order valence-electron chi connectivity index (χ0n) is 9.09. The first-order chi connectivity index (χ1) is 7.27. The van der Waals surface area contributed by atoms with Gasteiger partial charge in [0.25, 0.3) is 0 Å². The predicted molar refractivity (Wildman–Crippen MR) is 60.3 cm³/mol. The molecule has 0 aliphatic rings. The molecular formula is C12H15N3. The molecule has 0 fully saturated rings. The molecule has 0 unspecified atom stereocenters. The first kappa shape index (κ1) is 9.90. The second-order valence-electron chi connectivity index (χ2n) is 4.01. The number of hydrogen-bond acceptors (Lipinski definition) is 2. The quantitative estimate of drug-likeness (QED) is 0.764. The van der Waals surface area contributed by atoms with Crippen LogP contribution in [0.15, 0.2) is 36.8 Å². The van der Waals surface area contributed by atoms with Crippen molar-refractivity contribution in [2.45, 2.75) is 20.4 Å². The first-order valence-electron chi connectivity index (χ1n) is 5.20. The fourth-order valence-electron chi connectivity index (χ4n) is 1.58. The molecule has 15 heavy (non-hydrogen) atoms. The van der Waals surface area contributed by atoms with Gasteiger partial charge in [0.05, 0.1) is 0 Å². The summed E-state index contributed by atoms with van der Waals surface area (Å²) in [4.78, 5) is 8.65. The molecule has 0 aliphatic heterocycles. The molecule has 0 saturated heterocycles. The van der Waals surface area contributed by atoms with Crippen LogP contribution in [0.25, 0.3) is 11.5 Å². The van der Waals surface area contributed by atoms with Crippen LogP contribution in [0.2, 0.25) is 0 Å². The lowest BCUT2D eigenvalue weighted by Gasteiger charge is -2.09. The molecule has 0 saturated carbocycles. The second-order valence-corrected chi connectivity index (χ2v) is 4.01. The number of hydrogen-bond donors (Lipinski definition) is 0. The SMILES string of the molecule is CC(C)Cn1ccnc1-c1ccccn1. The lowest BCUT2D eigenvalue weighted by Crippen LogP contribution is -2.05. The summed E-state index contributed by atoms with van der Waals surface area (Å²) in [5.41, 5.74) is 0.933. The molecule has 0 spiro atoms.